The van der Waals surface area contributed by atoms with Crippen molar-refractivity contribution in [2.45, 2.75) is 6.92 Å². The minimum Gasteiger partial charge on any atom is -0.245 e. The second kappa shape index (κ2) is 3.88. The summed E-state index contributed by atoms with van der Waals surface area (Å²) < 4.78 is 2.15. The molecule has 2 heterocycles. The number of aromatic nitrogens is 4. The Morgan fingerprint density at radius 1 is 1.17 bits per heavy atom. The molecule has 2 aromatic heterocycles. The molecule has 0 bridgehead atoms. The van der Waals surface area contributed by atoms with Crippen LogP contribution in [0.2, 0.25) is 0 Å². The van der Waals surface area contributed by atoms with Gasteiger partial charge in [0.2, 0.25) is 4.96 Å². The van der Waals surface area contributed by atoms with E-state index < -0.39 is 11.4 Å². The maximum atomic E-state index is 12.2. The van der Waals surface area contributed by atoms with E-state index in [1.807, 2.05) is 6.07 Å². The highest BCUT2D eigenvalue weighted by molar-refractivity contribution is 7.16. The molecule has 0 aliphatic rings. The van der Waals surface area contributed by atoms with Crippen molar-refractivity contribution in [3.05, 3.63) is 56.3 Å². The Morgan fingerprint density at radius 2 is 1.89 bits per heavy atom. The summed E-state index contributed by atoms with van der Waals surface area (Å²) >= 11 is 1.21. The van der Waals surface area contributed by atoms with E-state index in [-0.39, 0.29) is 0 Å². The van der Waals surface area contributed by atoms with Crippen LogP contribution in [-0.4, -0.2) is 19.2 Å². The molecule has 0 radical (unpaired) electrons. The molecule has 0 saturated carbocycles. The monoisotopic (exact) mass is 260 g/mol. The van der Waals surface area contributed by atoms with Gasteiger partial charge in [0.15, 0.2) is 0 Å². The first-order valence-corrected chi connectivity index (χ1v) is 6.03. The molecule has 90 valence electrons. The molecule has 0 atom stereocenters. The van der Waals surface area contributed by atoms with Gasteiger partial charge in [-0.1, -0.05) is 29.5 Å². The molecule has 0 N–H and O–H groups in total. The molecule has 0 unspecified atom stereocenters. The zero-order valence-corrected chi connectivity index (χ0v) is 10.2. The summed E-state index contributed by atoms with van der Waals surface area (Å²) in [5, 5.41) is 4.73. The van der Waals surface area contributed by atoms with Crippen LogP contribution in [0.5, 0.6) is 0 Å². The van der Waals surface area contributed by atoms with Gasteiger partial charge in [-0.2, -0.15) is 14.6 Å². The average molecular weight is 260 g/mol. The molecule has 0 aliphatic carbocycles. The summed E-state index contributed by atoms with van der Waals surface area (Å²) in [6.07, 6.45) is 0. The van der Waals surface area contributed by atoms with E-state index >= 15 is 0 Å². The minimum absolute atomic E-state index is 0.315. The van der Waals surface area contributed by atoms with Gasteiger partial charge in [-0.15, -0.1) is 0 Å². The third-order valence-electron chi connectivity index (χ3n) is 2.43. The molecule has 6 nitrogen and oxygen atoms in total. The fourth-order valence-corrected chi connectivity index (χ4v) is 2.40. The Kier molecular flexibility index (Phi) is 2.34. The lowest BCUT2D eigenvalue weighted by Crippen LogP contribution is -2.37. The van der Waals surface area contributed by atoms with Gasteiger partial charge >= 0.3 is 11.4 Å². The SMILES string of the molecule is Cc1nn2c(=O)n(-c3ccccc3)c(=O)nc2s1. The number of hydrogen-bond acceptors (Lipinski definition) is 5. The van der Waals surface area contributed by atoms with Gasteiger partial charge in [-0.05, 0) is 19.1 Å². The van der Waals surface area contributed by atoms with Crippen LogP contribution in [-0.2, 0) is 0 Å². The summed E-state index contributed by atoms with van der Waals surface area (Å²) in [6, 6.07) is 8.67. The zero-order chi connectivity index (χ0) is 12.7. The summed E-state index contributed by atoms with van der Waals surface area (Å²) in [5.41, 5.74) is -0.601. The standard InChI is InChI=1S/C11H8N4O2S/c1-7-13-15-10(18-7)12-9(16)14(11(15)17)8-5-3-2-4-6-8/h2-6H,1H3. The summed E-state index contributed by atoms with van der Waals surface area (Å²) in [4.78, 5) is 28.2. The normalized spacial score (nSPS) is 10.9. The predicted molar refractivity (Wildman–Crippen MR) is 67.5 cm³/mol. The van der Waals surface area contributed by atoms with E-state index in [1.165, 1.54) is 11.3 Å². The largest absolute Gasteiger partial charge is 0.360 e. The maximum absolute atomic E-state index is 12.2. The number of para-hydroxylation sites is 1. The molecule has 0 aliphatic heterocycles. The van der Waals surface area contributed by atoms with Crippen LogP contribution in [0.4, 0.5) is 0 Å². The first kappa shape index (κ1) is 10.8. The second-order valence-corrected chi connectivity index (χ2v) is 4.82. The Bertz CT molecular complexity index is 832. The van der Waals surface area contributed by atoms with Gasteiger partial charge < -0.3 is 0 Å². The van der Waals surface area contributed by atoms with Gasteiger partial charge in [0, 0.05) is 0 Å². The van der Waals surface area contributed by atoms with Crippen molar-refractivity contribution < 1.29 is 0 Å². The van der Waals surface area contributed by atoms with Crippen LogP contribution in [0, 0.1) is 6.92 Å². The second-order valence-electron chi connectivity index (χ2n) is 3.66. The van der Waals surface area contributed by atoms with Crippen molar-refractivity contribution in [1.82, 2.24) is 19.2 Å². The number of nitrogens with zero attached hydrogens (tertiary/aromatic N) is 4. The Labute approximate surface area is 105 Å². The fourth-order valence-electron chi connectivity index (χ4n) is 1.68. The molecule has 0 saturated heterocycles. The van der Waals surface area contributed by atoms with E-state index in [0.717, 1.165) is 9.08 Å². The van der Waals surface area contributed by atoms with E-state index in [4.69, 9.17) is 0 Å². The van der Waals surface area contributed by atoms with Gasteiger partial charge in [0.25, 0.3) is 0 Å². The van der Waals surface area contributed by atoms with E-state index in [2.05, 4.69) is 10.1 Å². The van der Waals surface area contributed by atoms with Crippen LogP contribution < -0.4 is 11.4 Å². The molecule has 7 heteroatoms. The quantitative estimate of drug-likeness (QED) is 0.643. The van der Waals surface area contributed by atoms with Crippen LogP contribution in [0.1, 0.15) is 5.01 Å². The first-order chi connectivity index (χ1) is 8.66. The number of fused-ring (bicyclic) bond motifs is 1. The maximum Gasteiger partial charge on any atom is 0.360 e. The van der Waals surface area contributed by atoms with Crippen molar-refractivity contribution in [1.29, 1.82) is 0 Å². The summed E-state index contributed by atoms with van der Waals surface area (Å²) in [5.74, 6) is 0. The number of aryl methyl sites for hydroxylation is 1. The summed E-state index contributed by atoms with van der Waals surface area (Å²) in [6.45, 7) is 1.76. The van der Waals surface area contributed by atoms with Gasteiger partial charge in [0.05, 0.1) is 5.69 Å². The highest BCUT2D eigenvalue weighted by Crippen LogP contribution is 2.08. The van der Waals surface area contributed by atoms with E-state index in [0.29, 0.717) is 15.7 Å². The molecule has 3 rings (SSSR count). The average Bonchev–Trinajstić information content (AvgIpc) is 2.71. The highest BCUT2D eigenvalue weighted by atomic mass is 32.1. The zero-order valence-electron chi connectivity index (χ0n) is 9.40. The van der Waals surface area contributed by atoms with E-state index in [9.17, 15) is 9.59 Å². The molecule has 18 heavy (non-hydrogen) atoms. The van der Waals surface area contributed by atoms with Crippen molar-refractivity contribution in [2.75, 3.05) is 0 Å². The van der Waals surface area contributed by atoms with E-state index in [1.54, 1.807) is 31.2 Å². The summed E-state index contributed by atoms with van der Waals surface area (Å²) in [7, 11) is 0. The lowest BCUT2D eigenvalue weighted by Gasteiger charge is -2.02. The Balaban J connectivity index is 2.44. The minimum atomic E-state index is -0.588. The molecule has 0 fully saturated rings. The fraction of sp³-hybridized carbons (Fsp3) is 0.0909. The molecule has 1 aromatic carbocycles. The third-order valence-corrected chi connectivity index (χ3v) is 3.25. The van der Waals surface area contributed by atoms with Crippen molar-refractivity contribution in [2.24, 2.45) is 0 Å². The van der Waals surface area contributed by atoms with Crippen LogP contribution >= 0.6 is 11.3 Å². The first-order valence-electron chi connectivity index (χ1n) is 5.22. The number of rotatable bonds is 1. The van der Waals surface area contributed by atoms with Crippen LogP contribution in [0.15, 0.2) is 39.9 Å². The van der Waals surface area contributed by atoms with Crippen molar-refractivity contribution in [3.8, 4) is 5.69 Å². The van der Waals surface area contributed by atoms with Crippen molar-refractivity contribution in [3.63, 3.8) is 0 Å². The lowest BCUT2D eigenvalue weighted by molar-refractivity contribution is 0.742. The van der Waals surface area contributed by atoms with Gasteiger partial charge in [-0.3, -0.25) is 0 Å². The molecule has 0 spiro atoms. The topological polar surface area (TPSA) is 69.3 Å². The smallest absolute Gasteiger partial charge is 0.245 e. The Morgan fingerprint density at radius 3 is 2.61 bits per heavy atom. The van der Waals surface area contributed by atoms with Gasteiger partial charge in [-0.25, -0.2) is 14.2 Å². The number of hydrogen-bond donors (Lipinski definition) is 0. The molecule has 0 amide bonds. The molecule has 3 aromatic rings. The van der Waals surface area contributed by atoms with Crippen molar-refractivity contribution >= 4 is 16.3 Å². The third kappa shape index (κ3) is 1.56. The highest BCUT2D eigenvalue weighted by Gasteiger charge is 2.12. The molecular weight excluding hydrogens is 252 g/mol. The van der Waals surface area contributed by atoms with Crippen LogP contribution in [0.25, 0.3) is 10.6 Å². The Hall–Kier alpha value is -2.28. The lowest BCUT2D eigenvalue weighted by atomic mass is 10.3. The predicted octanol–water partition coefficient (Wildman–Crippen LogP) is 0.610. The number of benzene rings is 1. The van der Waals surface area contributed by atoms with Gasteiger partial charge in [0.1, 0.15) is 5.01 Å². The van der Waals surface area contributed by atoms with Crippen LogP contribution in [0.3, 0.4) is 0 Å². The molecular formula is C11H8N4O2S.